The average Bonchev–Trinajstić information content (AvgIpc) is 2.97. The summed E-state index contributed by atoms with van der Waals surface area (Å²) in [5.41, 5.74) is 1.68. The van der Waals surface area contributed by atoms with Gasteiger partial charge in [-0.3, -0.25) is 4.79 Å². The quantitative estimate of drug-likeness (QED) is 0.433. The van der Waals surface area contributed by atoms with Crippen LogP contribution < -0.4 is 14.8 Å². The number of amides is 1. The van der Waals surface area contributed by atoms with Crippen LogP contribution in [0.5, 0.6) is 11.5 Å². The van der Waals surface area contributed by atoms with Crippen LogP contribution in [0.2, 0.25) is 0 Å². The molecule has 0 aromatic heterocycles. The molecule has 1 heterocycles. The van der Waals surface area contributed by atoms with Crippen molar-refractivity contribution in [3.8, 4) is 11.5 Å². The molecular weight excluding hydrogens is 374 g/mol. The Kier molecular flexibility index (Phi) is 7.23. The molecule has 1 amide bonds. The first-order valence-electron chi connectivity index (χ1n) is 7.83. The van der Waals surface area contributed by atoms with Gasteiger partial charge in [0.05, 0.1) is 18.6 Å². The first-order valence-corrected chi connectivity index (χ1v) is 9.05. The zero-order valence-corrected chi connectivity index (χ0v) is 16.3. The van der Waals surface area contributed by atoms with Crippen LogP contribution in [0.3, 0.4) is 0 Å². The number of methoxy groups -OCH3 is 1. The lowest BCUT2D eigenvalue weighted by Crippen LogP contribution is -2.18. The van der Waals surface area contributed by atoms with Gasteiger partial charge >= 0.3 is 5.97 Å². The van der Waals surface area contributed by atoms with Crippen molar-refractivity contribution in [3.05, 3.63) is 40.3 Å². The van der Waals surface area contributed by atoms with Crippen LogP contribution in [-0.2, 0) is 14.3 Å². The van der Waals surface area contributed by atoms with Crippen molar-refractivity contribution in [3.63, 3.8) is 0 Å². The van der Waals surface area contributed by atoms with Crippen molar-refractivity contribution in [1.82, 2.24) is 5.32 Å². The summed E-state index contributed by atoms with van der Waals surface area (Å²) in [6, 6.07) is 5.36. The van der Waals surface area contributed by atoms with Crippen LogP contribution in [0, 0.1) is 0 Å². The van der Waals surface area contributed by atoms with E-state index >= 15 is 0 Å². The van der Waals surface area contributed by atoms with Crippen molar-refractivity contribution < 1.29 is 23.8 Å². The Bertz CT molecular complexity index is 786. The molecule has 1 aliphatic rings. The van der Waals surface area contributed by atoms with Gasteiger partial charge < -0.3 is 19.5 Å². The van der Waals surface area contributed by atoms with Gasteiger partial charge in [0.2, 0.25) is 0 Å². The van der Waals surface area contributed by atoms with Crippen LogP contribution in [-0.4, -0.2) is 36.5 Å². The molecule has 1 aliphatic heterocycles. The van der Waals surface area contributed by atoms with Gasteiger partial charge in [0.15, 0.2) is 18.1 Å². The molecule has 138 valence electrons. The molecule has 1 aromatic rings. The van der Waals surface area contributed by atoms with E-state index in [2.05, 4.69) is 10.1 Å². The Labute approximate surface area is 161 Å². The van der Waals surface area contributed by atoms with Gasteiger partial charge in [-0.25, -0.2) is 4.79 Å². The van der Waals surface area contributed by atoms with Gasteiger partial charge in [0.25, 0.3) is 5.91 Å². The van der Waals surface area contributed by atoms with E-state index in [-0.39, 0.29) is 12.5 Å². The molecule has 1 N–H and O–H groups in total. The predicted molar refractivity (Wildman–Crippen MR) is 105 cm³/mol. The molecule has 1 aromatic carbocycles. The largest absolute Gasteiger partial charge is 0.490 e. The van der Waals surface area contributed by atoms with Crippen LogP contribution in [0.1, 0.15) is 19.4 Å². The molecule has 1 saturated heterocycles. The number of benzene rings is 1. The molecule has 8 heteroatoms. The summed E-state index contributed by atoms with van der Waals surface area (Å²) < 4.78 is 16.0. The van der Waals surface area contributed by atoms with E-state index in [1.807, 2.05) is 32.1 Å². The summed E-state index contributed by atoms with van der Waals surface area (Å²) in [6.07, 6.45) is 3.71. The maximum Gasteiger partial charge on any atom is 0.343 e. The number of hydrogen-bond donors (Lipinski definition) is 1. The lowest BCUT2D eigenvalue weighted by atomic mass is 10.1. The van der Waals surface area contributed by atoms with Crippen molar-refractivity contribution >= 4 is 46.3 Å². The first kappa shape index (κ1) is 20.0. The highest BCUT2D eigenvalue weighted by Gasteiger charge is 2.23. The van der Waals surface area contributed by atoms with Crippen LogP contribution >= 0.6 is 24.0 Å². The molecule has 6 nitrogen and oxygen atoms in total. The standard InChI is InChI=1S/C18H19NO5S2/c1-4-23-14-9-12(7-8-13(14)24-10-15(20)22-3)6-5-11(2)16-17(21)19-18(25)26-16/h5-9H,4,10H2,1-3H3,(H,19,21,25)/b6-5+,16-11+. The lowest BCUT2D eigenvalue weighted by Gasteiger charge is -2.12. The number of rotatable bonds is 7. The van der Waals surface area contributed by atoms with Crippen molar-refractivity contribution in [2.75, 3.05) is 20.3 Å². The monoisotopic (exact) mass is 393 g/mol. The number of carbonyl (C=O) groups excluding carboxylic acids is 2. The van der Waals surface area contributed by atoms with Crippen LogP contribution in [0.25, 0.3) is 6.08 Å². The second-order valence-corrected chi connectivity index (χ2v) is 6.88. The highest BCUT2D eigenvalue weighted by atomic mass is 32.2. The second-order valence-electron chi connectivity index (χ2n) is 5.19. The first-order chi connectivity index (χ1) is 12.4. The van der Waals surface area contributed by atoms with E-state index in [9.17, 15) is 9.59 Å². The molecule has 0 radical (unpaired) electrons. The molecule has 0 saturated carbocycles. The number of thioether (sulfide) groups is 1. The second kappa shape index (κ2) is 9.40. The Morgan fingerprint density at radius 3 is 2.69 bits per heavy atom. The van der Waals surface area contributed by atoms with Crippen molar-refractivity contribution in [1.29, 1.82) is 0 Å². The van der Waals surface area contributed by atoms with Crippen LogP contribution in [0.4, 0.5) is 0 Å². The highest BCUT2D eigenvalue weighted by Crippen LogP contribution is 2.30. The smallest absolute Gasteiger partial charge is 0.343 e. The molecule has 0 unspecified atom stereocenters. The average molecular weight is 393 g/mol. The summed E-state index contributed by atoms with van der Waals surface area (Å²) >= 11 is 6.24. The maximum atomic E-state index is 11.8. The Balaban J connectivity index is 2.18. The minimum atomic E-state index is -0.469. The van der Waals surface area contributed by atoms with Gasteiger partial charge in [-0.15, -0.1) is 0 Å². The van der Waals surface area contributed by atoms with E-state index in [4.69, 9.17) is 21.7 Å². The Morgan fingerprint density at radius 1 is 1.31 bits per heavy atom. The van der Waals surface area contributed by atoms with E-state index < -0.39 is 5.97 Å². The zero-order chi connectivity index (χ0) is 19.1. The number of hydrogen-bond acceptors (Lipinski definition) is 7. The van der Waals surface area contributed by atoms with Crippen molar-refractivity contribution in [2.24, 2.45) is 0 Å². The van der Waals surface area contributed by atoms with Gasteiger partial charge in [0, 0.05) is 0 Å². The van der Waals surface area contributed by atoms with Gasteiger partial charge in [-0.2, -0.15) is 0 Å². The van der Waals surface area contributed by atoms with E-state index in [0.717, 1.165) is 11.1 Å². The normalized spacial score (nSPS) is 15.8. The number of thiocarbonyl (C=S) groups is 1. The van der Waals surface area contributed by atoms with Crippen LogP contribution in [0.15, 0.2) is 34.8 Å². The fourth-order valence-corrected chi connectivity index (χ4v) is 3.13. The van der Waals surface area contributed by atoms with Gasteiger partial charge in [-0.1, -0.05) is 42.2 Å². The molecule has 0 aliphatic carbocycles. The zero-order valence-electron chi connectivity index (χ0n) is 14.7. The number of carbonyl (C=O) groups is 2. The molecular formula is C18H19NO5S2. The molecule has 0 spiro atoms. The van der Waals surface area contributed by atoms with Gasteiger partial charge in [-0.05, 0) is 37.1 Å². The Morgan fingerprint density at radius 2 is 2.08 bits per heavy atom. The summed E-state index contributed by atoms with van der Waals surface area (Å²) in [5, 5.41) is 2.60. The summed E-state index contributed by atoms with van der Waals surface area (Å²) in [6.45, 7) is 3.98. The summed E-state index contributed by atoms with van der Waals surface area (Å²) in [4.78, 5) is 23.6. The molecule has 2 rings (SSSR count). The van der Waals surface area contributed by atoms with E-state index in [1.54, 1.807) is 12.1 Å². The molecule has 26 heavy (non-hydrogen) atoms. The SMILES string of the molecule is CCOc1cc(/C=C/C(C)=C2/SC(=S)NC2=O)ccc1OCC(=O)OC. The fourth-order valence-electron chi connectivity index (χ4n) is 2.08. The minimum absolute atomic E-state index is 0.177. The number of allylic oxidation sites excluding steroid dienone is 2. The molecule has 1 fully saturated rings. The van der Waals surface area contributed by atoms with E-state index in [1.165, 1.54) is 18.9 Å². The number of ether oxygens (including phenoxy) is 3. The summed E-state index contributed by atoms with van der Waals surface area (Å²) in [7, 11) is 1.30. The maximum absolute atomic E-state index is 11.8. The molecule has 0 bridgehead atoms. The van der Waals surface area contributed by atoms with Crippen molar-refractivity contribution in [2.45, 2.75) is 13.8 Å². The Hall–Kier alpha value is -2.32. The van der Waals surface area contributed by atoms with Gasteiger partial charge in [0.1, 0.15) is 4.32 Å². The third kappa shape index (κ3) is 5.34. The third-order valence-corrected chi connectivity index (χ3v) is 4.69. The fraction of sp³-hybridized carbons (Fsp3) is 0.278. The lowest BCUT2D eigenvalue weighted by molar-refractivity contribution is -0.142. The predicted octanol–water partition coefficient (Wildman–Crippen LogP) is 3.07. The topological polar surface area (TPSA) is 73.9 Å². The molecule has 0 atom stereocenters. The number of esters is 1. The summed E-state index contributed by atoms with van der Waals surface area (Å²) in [5.74, 6) is 0.339. The minimum Gasteiger partial charge on any atom is -0.490 e. The number of nitrogens with one attached hydrogen (secondary N) is 1. The third-order valence-electron chi connectivity index (χ3n) is 3.34. The van der Waals surface area contributed by atoms with E-state index in [0.29, 0.717) is 27.3 Å². The highest BCUT2D eigenvalue weighted by molar-refractivity contribution is 8.26.